The molecule has 0 amide bonds. The van der Waals surface area contributed by atoms with Gasteiger partial charge in [0.15, 0.2) is 5.60 Å². The smallest absolute Gasteiger partial charge is 0.163 e. The molecule has 1 saturated heterocycles. The zero-order valence-electron chi connectivity index (χ0n) is 17.3. The molecule has 154 valence electrons. The van der Waals surface area contributed by atoms with Gasteiger partial charge in [-0.3, -0.25) is 0 Å². The lowest BCUT2D eigenvalue weighted by Gasteiger charge is -2.34. The molecule has 0 spiro atoms. The van der Waals surface area contributed by atoms with Crippen LogP contribution < -0.4 is 4.74 Å². The highest BCUT2D eigenvalue weighted by Gasteiger charge is 2.55. The monoisotopic (exact) mass is 408 g/mol. The van der Waals surface area contributed by atoms with Gasteiger partial charge in [-0.15, -0.1) is 0 Å². The highest BCUT2D eigenvalue weighted by molar-refractivity contribution is 5.46. The van der Waals surface area contributed by atoms with Crippen molar-refractivity contribution in [2.75, 3.05) is 7.11 Å². The molecule has 0 radical (unpaired) electrons. The van der Waals surface area contributed by atoms with Crippen molar-refractivity contribution in [2.24, 2.45) is 0 Å². The average Bonchev–Trinajstić information content (AvgIpc) is 3.27. The topological polar surface area (TPSA) is 27.7 Å². The third-order valence-corrected chi connectivity index (χ3v) is 6.03. The van der Waals surface area contributed by atoms with Gasteiger partial charge < -0.3 is 4.74 Å². The third-order valence-electron chi connectivity index (χ3n) is 6.03. The van der Waals surface area contributed by atoms with Crippen LogP contribution in [0.3, 0.4) is 0 Å². The Morgan fingerprint density at radius 1 is 0.613 bits per heavy atom. The average molecular weight is 408 g/mol. The fourth-order valence-electron chi connectivity index (χ4n) is 4.56. The Kier molecular flexibility index (Phi) is 5.29. The van der Waals surface area contributed by atoms with E-state index >= 15 is 0 Å². The molecule has 3 heteroatoms. The van der Waals surface area contributed by atoms with Gasteiger partial charge in [-0.25, -0.2) is 9.78 Å². The number of rotatable bonds is 5. The van der Waals surface area contributed by atoms with Gasteiger partial charge in [0.1, 0.15) is 11.9 Å². The predicted octanol–water partition coefficient (Wildman–Crippen LogP) is 6.43. The molecule has 0 N–H and O–H groups in total. The van der Waals surface area contributed by atoms with Crippen LogP contribution in [0.1, 0.15) is 34.3 Å². The maximum atomic E-state index is 6.38. The fraction of sp³-hybridized carbons (Fsp3) is 0.143. The zero-order chi connectivity index (χ0) is 21.1. The molecule has 1 aliphatic heterocycles. The highest BCUT2D eigenvalue weighted by Crippen LogP contribution is 2.57. The zero-order valence-corrected chi connectivity index (χ0v) is 17.3. The number of hydrogen-bond acceptors (Lipinski definition) is 3. The molecule has 1 heterocycles. The van der Waals surface area contributed by atoms with E-state index in [1.807, 2.05) is 54.6 Å². The first-order valence-corrected chi connectivity index (χ1v) is 10.5. The van der Waals surface area contributed by atoms with E-state index in [1.165, 1.54) is 0 Å². The molecule has 4 aromatic carbocycles. The van der Waals surface area contributed by atoms with E-state index < -0.39 is 5.60 Å². The maximum Gasteiger partial charge on any atom is 0.163 e. The molecule has 1 fully saturated rings. The lowest BCUT2D eigenvalue weighted by atomic mass is 9.70. The first-order valence-electron chi connectivity index (χ1n) is 10.5. The van der Waals surface area contributed by atoms with Crippen molar-refractivity contribution in [3.63, 3.8) is 0 Å². The lowest BCUT2D eigenvalue weighted by Crippen LogP contribution is -2.34. The van der Waals surface area contributed by atoms with Gasteiger partial charge >= 0.3 is 0 Å². The van der Waals surface area contributed by atoms with Crippen molar-refractivity contribution in [3.8, 4) is 5.75 Å². The number of methoxy groups -OCH3 is 1. The van der Waals surface area contributed by atoms with Crippen molar-refractivity contribution in [1.29, 1.82) is 0 Å². The Morgan fingerprint density at radius 2 is 1.13 bits per heavy atom. The van der Waals surface area contributed by atoms with Crippen LogP contribution in [0, 0.1) is 0 Å². The Labute approximate surface area is 182 Å². The van der Waals surface area contributed by atoms with E-state index in [1.54, 1.807) is 7.11 Å². The molecular weight excluding hydrogens is 384 g/mol. The minimum Gasteiger partial charge on any atom is -0.497 e. The van der Waals surface area contributed by atoms with Crippen LogP contribution in [0.25, 0.3) is 0 Å². The SMILES string of the molecule is COc1ccc([C@]2(c3ccccc3)OO[C@H](c3ccccc3)[C@H]2c2ccccc2)cc1. The molecule has 3 atom stereocenters. The fourth-order valence-corrected chi connectivity index (χ4v) is 4.56. The Hall–Kier alpha value is -3.40. The minimum atomic E-state index is -0.810. The second kappa shape index (κ2) is 8.38. The lowest BCUT2D eigenvalue weighted by molar-refractivity contribution is -0.322. The van der Waals surface area contributed by atoms with E-state index in [0.717, 1.165) is 28.0 Å². The van der Waals surface area contributed by atoms with Crippen molar-refractivity contribution in [1.82, 2.24) is 0 Å². The van der Waals surface area contributed by atoms with Gasteiger partial charge in [0.05, 0.1) is 13.0 Å². The summed E-state index contributed by atoms with van der Waals surface area (Å²) < 4.78 is 5.40. The van der Waals surface area contributed by atoms with Crippen molar-refractivity contribution in [2.45, 2.75) is 17.6 Å². The van der Waals surface area contributed by atoms with Gasteiger partial charge in [0.25, 0.3) is 0 Å². The summed E-state index contributed by atoms with van der Waals surface area (Å²) in [5.74, 6) is 0.716. The maximum absolute atomic E-state index is 6.38. The van der Waals surface area contributed by atoms with Crippen LogP contribution in [0.2, 0.25) is 0 Å². The largest absolute Gasteiger partial charge is 0.497 e. The summed E-state index contributed by atoms with van der Waals surface area (Å²) in [5, 5.41) is 0. The minimum absolute atomic E-state index is 0.0908. The standard InChI is InChI=1S/C28H24O3/c1-29-25-19-17-24(18-20-25)28(23-15-9-4-10-16-23)26(21-11-5-2-6-12-21)27(30-31-28)22-13-7-3-8-14-22/h2-20,26-27H,1H3/t26-,27-,28+/m1/s1. The molecule has 0 aliphatic carbocycles. The summed E-state index contributed by atoms with van der Waals surface area (Å²) in [6.45, 7) is 0. The first-order chi connectivity index (χ1) is 15.3. The summed E-state index contributed by atoms with van der Waals surface area (Å²) >= 11 is 0. The van der Waals surface area contributed by atoms with Gasteiger partial charge in [-0.2, -0.15) is 0 Å². The van der Waals surface area contributed by atoms with Crippen LogP contribution in [0.5, 0.6) is 5.75 Å². The van der Waals surface area contributed by atoms with Gasteiger partial charge in [0.2, 0.25) is 0 Å². The normalized spacial score (nSPS) is 22.9. The molecule has 5 rings (SSSR count). The van der Waals surface area contributed by atoms with Gasteiger partial charge in [-0.1, -0.05) is 103 Å². The Morgan fingerprint density at radius 3 is 1.71 bits per heavy atom. The molecule has 31 heavy (non-hydrogen) atoms. The van der Waals surface area contributed by atoms with Crippen molar-refractivity contribution in [3.05, 3.63) is 138 Å². The van der Waals surface area contributed by atoms with E-state index in [-0.39, 0.29) is 12.0 Å². The first kappa shape index (κ1) is 19.6. The Bertz CT molecular complexity index is 1110. The summed E-state index contributed by atoms with van der Waals surface area (Å²) in [6.07, 6.45) is -0.258. The van der Waals surface area contributed by atoms with E-state index in [2.05, 4.69) is 60.7 Å². The van der Waals surface area contributed by atoms with Gasteiger partial charge in [0, 0.05) is 0 Å². The summed E-state index contributed by atoms with van der Waals surface area (Å²) in [6, 6.07) is 39.2. The van der Waals surface area contributed by atoms with E-state index in [0.29, 0.717) is 0 Å². The molecule has 0 unspecified atom stereocenters. The highest BCUT2D eigenvalue weighted by atomic mass is 17.2. The summed E-state index contributed by atoms with van der Waals surface area (Å²) in [5.41, 5.74) is 3.51. The molecule has 4 aromatic rings. The van der Waals surface area contributed by atoms with Gasteiger partial charge in [-0.05, 0) is 34.4 Å². The second-order valence-corrected chi connectivity index (χ2v) is 7.73. The predicted molar refractivity (Wildman–Crippen MR) is 121 cm³/mol. The van der Waals surface area contributed by atoms with Crippen LogP contribution in [0.4, 0.5) is 0 Å². The Balaban J connectivity index is 1.75. The summed E-state index contributed by atoms with van der Waals surface area (Å²) in [4.78, 5) is 12.5. The van der Waals surface area contributed by atoms with E-state index in [9.17, 15) is 0 Å². The molecule has 0 aromatic heterocycles. The molecule has 1 aliphatic rings. The quantitative estimate of drug-likeness (QED) is 0.356. The molecular formula is C28H24O3. The summed E-state index contributed by atoms with van der Waals surface area (Å²) in [7, 11) is 1.68. The third kappa shape index (κ3) is 3.42. The van der Waals surface area contributed by atoms with Crippen LogP contribution in [0.15, 0.2) is 115 Å². The molecule has 0 saturated carbocycles. The second-order valence-electron chi connectivity index (χ2n) is 7.73. The number of hydrogen-bond donors (Lipinski definition) is 0. The van der Waals surface area contributed by atoms with Crippen LogP contribution in [-0.2, 0) is 15.4 Å². The van der Waals surface area contributed by atoms with Crippen LogP contribution in [-0.4, -0.2) is 7.11 Å². The van der Waals surface area contributed by atoms with Crippen LogP contribution >= 0.6 is 0 Å². The number of ether oxygens (including phenoxy) is 1. The van der Waals surface area contributed by atoms with Crippen molar-refractivity contribution >= 4 is 0 Å². The number of benzene rings is 4. The molecule has 0 bridgehead atoms. The van der Waals surface area contributed by atoms with E-state index in [4.69, 9.17) is 14.5 Å². The van der Waals surface area contributed by atoms with Crippen molar-refractivity contribution < 1.29 is 14.5 Å². The molecule has 3 nitrogen and oxygen atoms in total.